The maximum Gasteiger partial charge on any atom is 0.338 e. The average molecular weight is 277 g/mol. The Labute approximate surface area is 91.3 Å². The van der Waals surface area contributed by atoms with Gasteiger partial charge in [-0.2, -0.15) is 5.26 Å². The summed E-state index contributed by atoms with van der Waals surface area (Å²) in [6.45, 7) is 0. The molecule has 0 fully saturated rings. The van der Waals surface area contributed by atoms with Crippen LogP contribution in [-0.4, -0.2) is 16.1 Å². The van der Waals surface area contributed by atoms with Crippen LogP contribution in [0.4, 0.5) is 8.78 Å². The molecule has 1 heterocycles. The van der Waals surface area contributed by atoms with Crippen LogP contribution >= 0.6 is 15.9 Å². The first-order chi connectivity index (χ1) is 6.99. The van der Waals surface area contributed by atoms with Crippen molar-refractivity contribution in [1.29, 1.82) is 5.26 Å². The molecule has 0 aliphatic heterocycles. The van der Waals surface area contributed by atoms with Gasteiger partial charge in [0.15, 0.2) is 5.69 Å². The summed E-state index contributed by atoms with van der Waals surface area (Å²) in [5.41, 5.74) is -1.58. The van der Waals surface area contributed by atoms with Crippen molar-refractivity contribution in [3.8, 4) is 6.07 Å². The minimum absolute atomic E-state index is 0.309. The lowest BCUT2D eigenvalue weighted by atomic mass is 10.1. The van der Waals surface area contributed by atoms with Crippen LogP contribution in [-0.2, 0) is 0 Å². The van der Waals surface area contributed by atoms with Crippen molar-refractivity contribution in [3.05, 3.63) is 27.5 Å². The van der Waals surface area contributed by atoms with Gasteiger partial charge in [-0.3, -0.25) is 0 Å². The van der Waals surface area contributed by atoms with E-state index in [9.17, 15) is 13.6 Å². The van der Waals surface area contributed by atoms with Crippen LogP contribution < -0.4 is 0 Å². The highest BCUT2D eigenvalue weighted by molar-refractivity contribution is 9.10. The summed E-state index contributed by atoms with van der Waals surface area (Å²) in [5.74, 6) is -1.39. The lowest BCUT2D eigenvalue weighted by Gasteiger charge is -2.06. The molecule has 0 aliphatic carbocycles. The molecule has 0 aliphatic rings. The molecule has 78 valence electrons. The summed E-state index contributed by atoms with van der Waals surface area (Å²) in [4.78, 5) is 13.9. The molecule has 0 spiro atoms. The van der Waals surface area contributed by atoms with Gasteiger partial charge in [-0.1, -0.05) is 0 Å². The SMILES string of the molecule is N#Cc1ncc(C(=O)O)c(Br)c1C(F)F. The van der Waals surface area contributed by atoms with E-state index in [2.05, 4.69) is 20.9 Å². The summed E-state index contributed by atoms with van der Waals surface area (Å²) in [6.07, 6.45) is -2.10. The van der Waals surface area contributed by atoms with Crippen LogP contribution in [0.5, 0.6) is 0 Å². The van der Waals surface area contributed by atoms with Crippen molar-refractivity contribution in [3.63, 3.8) is 0 Å². The zero-order valence-electron chi connectivity index (χ0n) is 7.04. The van der Waals surface area contributed by atoms with Gasteiger partial charge in [-0.25, -0.2) is 18.6 Å². The third-order valence-corrected chi connectivity index (χ3v) is 2.46. The third-order valence-electron chi connectivity index (χ3n) is 1.61. The van der Waals surface area contributed by atoms with E-state index in [0.29, 0.717) is 0 Å². The molecule has 1 rings (SSSR count). The topological polar surface area (TPSA) is 74.0 Å². The highest BCUT2D eigenvalue weighted by atomic mass is 79.9. The first-order valence-corrected chi connectivity index (χ1v) is 4.38. The van der Waals surface area contributed by atoms with Crippen molar-refractivity contribution in [2.75, 3.05) is 0 Å². The molecule has 4 nitrogen and oxygen atoms in total. The Bertz CT molecular complexity index is 457. The zero-order chi connectivity index (χ0) is 11.6. The molecule has 0 amide bonds. The second kappa shape index (κ2) is 4.31. The van der Waals surface area contributed by atoms with Crippen molar-refractivity contribution in [2.45, 2.75) is 6.43 Å². The lowest BCUT2D eigenvalue weighted by Crippen LogP contribution is -2.05. The standard InChI is InChI=1S/C8H3BrF2N2O2/c9-6-3(8(14)15)2-13-4(1-12)5(6)7(10)11/h2,7H,(H,14,15). The number of hydrogen-bond donors (Lipinski definition) is 1. The number of aromatic nitrogens is 1. The Hall–Kier alpha value is -1.55. The molecule has 0 atom stereocenters. The van der Waals surface area contributed by atoms with Crippen LogP contribution in [0.3, 0.4) is 0 Å². The molecule has 1 aromatic rings. The fraction of sp³-hybridized carbons (Fsp3) is 0.125. The van der Waals surface area contributed by atoms with Gasteiger partial charge in [0.2, 0.25) is 0 Å². The van der Waals surface area contributed by atoms with E-state index in [1.807, 2.05) is 0 Å². The summed E-state index contributed by atoms with van der Waals surface area (Å²) in [7, 11) is 0. The highest BCUT2D eigenvalue weighted by Crippen LogP contribution is 2.31. The predicted octanol–water partition coefficient (Wildman–Crippen LogP) is 2.35. The first-order valence-electron chi connectivity index (χ1n) is 3.59. The Morgan fingerprint density at radius 3 is 2.67 bits per heavy atom. The van der Waals surface area contributed by atoms with Gasteiger partial charge < -0.3 is 5.11 Å². The van der Waals surface area contributed by atoms with Crippen LogP contribution in [0.25, 0.3) is 0 Å². The van der Waals surface area contributed by atoms with E-state index in [-0.39, 0.29) is 4.47 Å². The number of pyridine rings is 1. The first kappa shape index (κ1) is 11.5. The van der Waals surface area contributed by atoms with Crippen LogP contribution in [0, 0.1) is 11.3 Å². The molecule has 7 heteroatoms. The highest BCUT2D eigenvalue weighted by Gasteiger charge is 2.23. The zero-order valence-corrected chi connectivity index (χ0v) is 8.62. The fourth-order valence-electron chi connectivity index (χ4n) is 0.942. The number of nitrogens with zero attached hydrogens (tertiary/aromatic N) is 2. The number of carboxylic acid groups (broad SMARTS) is 1. The van der Waals surface area contributed by atoms with Gasteiger partial charge in [0.05, 0.1) is 11.1 Å². The summed E-state index contributed by atoms with van der Waals surface area (Å²) >= 11 is 2.72. The minimum Gasteiger partial charge on any atom is -0.478 e. The fourth-order valence-corrected chi connectivity index (χ4v) is 1.57. The van der Waals surface area contributed by atoms with E-state index in [1.165, 1.54) is 6.07 Å². The molecular formula is C8H3BrF2N2O2. The van der Waals surface area contributed by atoms with Gasteiger partial charge in [-0.15, -0.1) is 0 Å². The number of aromatic carboxylic acids is 1. The van der Waals surface area contributed by atoms with Crippen molar-refractivity contribution >= 4 is 21.9 Å². The van der Waals surface area contributed by atoms with Crippen molar-refractivity contribution < 1.29 is 18.7 Å². The summed E-state index contributed by atoms with van der Waals surface area (Å²) in [6, 6.07) is 1.47. The number of halogens is 3. The Kier molecular flexibility index (Phi) is 3.31. The number of carboxylic acids is 1. The Morgan fingerprint density at radius 1 is 1.67 bits per heavy atom. The van der Waals surface area contributed by atoms with Crippen LogP contribution in [0.1, 0.15) is 28.0 Å². The average Bonchev–Trinajstić information content (AvgIpc) is 2.15. The Morgan fingerprint density at radius 2 is 2.27 bits per heavy atom. The maximum absolute atomic E-state index is 12.5. The summed E-state index contributed by atoms with van der Waals surface area (Å²) < 4.78 is 24.7. The van der Waals surface area contributed by atoms with Gasteiger partial charge >= 0.3 is 5.97 Å². The van der Waals surface area contributed by atoms with Crippen LogP contribution in [0.2, 0.25) is 0 Å². The number of alkyl halides is 2. The number of rotatable bonds is 2. The van der Waals surface area contributed by atoms with Gasteiger partial charge in [0.1, 0.15) is 6.07 Å². The lowest BCUT2D eigenvalue weighted by molar-refractivity contribution is 0.0694. The number of carbonyl (C=O) groups is 1. The molecule has 0 saturated carbocycles. The van der Waals surface area contributed by atoms with Gasteiger partial charge in [-0.05, 0) is 15.9 Å². The number of nitriles is 1. The third kappa shape index (κ3) is 2.10. The molecule has 15 heavy (non-hydrogen) atoms. The molecule has 0 aromatic carbocycles. The predicted molar refractivity (Wildman–Crippen MR) is 48.6 cm³/mol. The van der Waals surface area contributed by atoms with Crippen molar-refractivity contribution in [2.24, 2.45) is 0 Å². The normalized spacial score (nSPS) is 10.1. The monoisotopic (exact) mass is 276 g/mol. The molecule has 0 bridgehead atoms. The second-order valence-corrected chi connectivity index (χ2v) is 3.26. The molecule has 1 aromatic heterocycles. The van der Waals surface area contributed by atoms with E-state index >= 15 is 0 Å². The molecule has 0 radical (unpaired) electrons. The van der Waals surface area contributed by atoms with Gasteiger partial charge in [0.25, 0.3) is 6.43 Å². The van der Waals surface area contributed by atoms with Crippen molar-refractivity contribution in [1.82, 2.24) is 4.98 Å². The molecule has 0 unspecified atom stereocenters. The van der Waals surface area contributed by atoms with E-state index < -0.39 is 29.2 Å². The molecule has 1 N–H and O–H groups in total. The molecule has 0 saturated heterocycles. The van der Waals surface area contributed by atoms with Crippen LogP contribution in [0.15, 0.2) is 10.7 Å². The summed E-state index contributed by atoms with van der Waals surface area (Å²) in [5, 5.41) is 17.1. The maximum atomic E-state index is 12.5. The van der Waals surface area contributed by atoms with Gasteiger partial charge in [0, 0.05) is 10.7 Å². The largest absolute Gasteiger partial charge is 0.478 e. The van der Waals surface area contributed by atoms with E-state index in [4.69, 9.17) is 10.4 Å². The Balaban J connectivity index is 3.51. The molecular weight excluding hydrogens is 274 g/mol. The minimum atomic E-state index is -2.96. The quantitative estimate of drug-likeness (QED) is 0.900. The van der Waals surface area contributed by atoms with E-state index in [0.717, 1.165) is 6.20 Å². The smallest absolute Gasteiger partial charge is 0.338 e. The number of hydrogen-bond acceptors (Lipinski definition) is 3. The second-order valence-electron chi connectivity index (χ2n) is 2.47. The van der Waals surface area contributed by atoms with E-state index in [1.54, 1.807) is 0 Å².